The first-order chi connectivity index (χ1) is 13.6. The van der Waals surface area contributed by atoms with Crippen molar-refractivity contribution in [3.8, 4) is 11.4 Å². The number of benzene rings is 2. The van der Waals surface area contributed by atoms with Crippen LogP contribution < -0.4 is 5.56 Å². The Balaban J connectivity index is 1.71. The number of aromatic amines is 1. The molecule has 1 unspecified atom stereocenters. The molecule has 0 amide bonds. The molecule has 0 bridgehead atoms. The SMILES string of the molecule is CCc1cc(=O)[nH]c(-c2ccccc2CN(C)CCC(O)c2ccccc2)n1. The molecule has 0 aliphatic heterocycles. The predicted molar refractivity (Wildman–Crippen MR) is 112 cm³/mol. The van der Waals surface area contributed by atoms with Crippen molar-refractivity contribution in [2.45, 2.75) is 32.4 Å². The van der Waals surface area contributed by atoms with Gasteiger partial charge >= 0.3 is 0 Å². The number of aromatic nitrogens is 2. The molecule has 3 aromatic rings. The molecule has 3 rings (SSSR count). The van der Waals surface area contributed by atoms with Crippen LogP contribution in [0.3, 0.4) is 0 Å². The molecule has 1 heterocycles. The largest absolute Gasteiger partial charge is 0.388 e. The highest BCUT2D eigenvalue weighted by molar-refractivity contribution is 5.60. The third kappa shape index (κ3) is 5.15. The third-order valence-corrected chi connectivity index (χ3v) is 4.84. The summed E-state index contributed by atoms with van der Waals surface area (Å²) in [4.78, 5) is 21.6. The molecule has 0 radical (unpaired) electrons. The molecule has 5 nitrogen and oxygen atoms in total. The van der Waals surface area contributed by atoms with E-state index in [1.54, 1.807) is 6.07 Å². The summed E-state index contributed by atoms with van der Waals surface area (Å²) in [6, 6.07) is 19.3. The summed E-state index contributed by atoms with van der Waals surface area (Å²) < 4.78 is 0. The van der Waals surface area contributed by atoms with Crippen LogP contribution in [0.5, 0.6) is 0 Å². The van der Waals surface area contributed by atoms with Crippen LogP contribution in [0.15, 0.2) is 65.5 Å². The first kappa shape index (κ1) is 20.0. The van der Waals surface area contributed by atoms with Crippen molar-refractivity contribution in [1.29, 1.82) is 0 Å². The van der Waals surface area contributed by atoms with Crippen LogP contribution in [0.1, 0.15) is 36.3 Å². The van der Waals surface area contributed by atoms with Gasteiger partial charge in [0.1, 0.15) is 5.82 Å². The van der Waals surface area contributed by atoms with Gasteiger partial charge in [0.05, 0.1) is 6.10 Å². The van der Waals surface area contributed by atoms with E-state index >= 15 is 0 Å². The number of nitrogens with zero attached hydrogens (tertiary/aromatic N) is 2. The van der Waals surface area contributed by atoms with E-state index in [0.29, 0.717) is 18.8 Å². The first-order valence-electron chi connectivity index (χ1n) is 9.67. The quantitative estimate of drug-likeness (QED) is 0.630. The normalized spacial score (nSPS) is 12.3. The molecule has 2 N–H and O–H groups in total. The lowest BCUT2D eigenvalue weighted by Crippen LogP contribution is -2.21. The fraction of sp³-hybridized carbons (Fsp3) is 0.304. The van der Waals surface area contributed by atoms with E-state index in [-0.39, 0.29) is 5.56 Å². The van der Waals surface area contributed by atoms with E-state index in [9.17, 15) is 9.90 Å². The Kier molecular flexibility index (Phi) is 6.74. The first-order valence-corrected chi connectivity index (χ1v) is 9.67. The molecular weight excluding hydrogens is 350 g/mol. The lowest BCUT2D eigenvalue weighted by molar-refractivity contribution is 0.147. The van der Waals surface area contributed by atoms with Gasteiger partial charge in [0.2, 0.25) is 0 Å². The Hall–Kier alpha value is -2.76. The second-order valence-electron chi connectivity index (χ2n) is 7.05. The van der Waals surface area contributed by atoms with Gasteiger partial charge in [-0.2, -0.15) is 0 Å². The molecule has 0 spiro atoms. The predicted octanol–water partition coefficient (Wildman–Crippen LogP) is 3.55. The van der Waals surface area contributed by atoms with Crippen molar-refractivity contribution in [2.24, 2.45) is 0 Å². The average molecular weight is 377 g/mol. The highest BCUT2D eigenvalue weighted by Crippen LogP contribution is 2.22. The molecule has 28 heavy (non-hydrogen) atoms. The van der Waals surface area contributed by atoms with Crippen LogP contribution in [0.2, 0.25) is 0 Å². The molecule has 0 aliphatic carbocycles. The van der Waals surface area contributed by atoms with E-state index in [0.717, 1.165) is 35.3 Å². The zero-order valence-electron chi connectivity index (χ0n) is 16.4. The van der Waals surface area contributed by atoms with Crippen molar-refractivity contribution in [2.75, 3.05) is 13.6 Å². The number of aliphatic hydroxyl groups is 1. The highest BCUT2D eigenvalue weighted by atomic mass is 16.3. The maximum absolute atomic E-state index is 12.0. The third-order valence-electron chi connectivity index (χ3n) is 4.84. The van der Waals surface area contributed by atoms with Crippen molar-refractivity contribution in [1.82, 2.24) is 14.9 Å². The highest BCUT2D eigenvalue weighted by Gasteiger charge is 2.12. The second-order valence-corrected chi connectivity index (χ2v) is 7.05. The van der Waals surface area contributed by atoms with Gasteiger partial charge in [0, 0.05) is 30.4 Å². The van der Waals surface area contributed by atoms with Gasteiger partial charge in [-0.25, -0.2) is 4.98 Å². The minimum absolute atomic E-state index is 0.129. The van der Waals surface area contributed by atoms with Gasteiger partial charge in [-0.15, -0.1) is 0 Å². The molecule has 5 heteroatoms. The summed E-state index contributed by atoms with van der Waals surface area (Å²) in [5, 5.41) is 10.4. The molecule has 0 aliphatic rings. The Morgan fingerprint density at radius 2 is 1.82 bits per heavy atom. The zero-order chi connectivity index (χ0) is 19.9. The van der Waals surface area contributed by atoms with E-state index in [1.165, 1.54) is 0 Å². The summed E-state index contributed by atoms with van der Waals surface area (Å²) in [5.41, 5.74) is 3.62. The number of H-pyrrole nitrogens is 1. The molecule has 146 valence electrons. The van der Waals surface area contributed by atoms with Gasteiger partial charge in [0.25, 0.3) is 5.56 Å². The lowest BCUT2D eigenvalue weighted by atomic mass is 10.0. The second kappa shape index (κ2) is 9.44. The molecular formula is C23H27N3O2. The van der Waals surface area contributed by atoms with Crippen LogP contribution in [0, 0.1) is 0 Å². The van der Waals surface area contributed by atoms with Crippen LogP contribution in [-0.2, 0) is 13.0 Å². The number of aryl methyl sites for hydroxylation is 1. The molecule has 1 aromatic heterocycles. The average Bonchev–Trinajstić information content (AvgIpc) is 2.72. The maximum atomic E-state index is 12.0. The van der Waals surface area contributed by atoms with Crippen LogP contribution in [0.25, 0.3) is 11.4 Å². The van der Waals surface area contributed by atoms with Gasteiger partial charge in [-0.05, 0) is 31.0 Å². The molecule has 0 saturated carbocycles. The summed E-state index contributed by atoms with van der Waals surface area (Å²) in [6.45, 7) is 3.45. The van der Waals surface area contributed by atoms with E-state index < -0.39 is 6.10 Å². The summed E-state index contributed by atoms with van der Waals surface area (Å²) in [5.74, 6) is 0.609. The van der Waals surface area contributed by atoms with Crippen LogP contribution >= 0.6 is 0 Å². The summed E-state index contributed by atoms with van der Waals surface area (Å²) in [7, 11) is 2.03. The number of hydrogen-bond acceptors (Lipinski definition) is 4. The van der Waals surface area contributed by atoms with E-state index in [1.807, 2.05) is 62.5 Å². The van der Waals surface area contributed by atoms with Crippen LogP contribution in [-0.4, -0.2) is 33.6 Å². The lowest BCUT2D eigenvalue weighted by Gasteiger charge is -2.20. The van der Waals surface area contributed by atoms with Crippen molar-refractivity contribution >= 4 is 0 Å². The number of rotatable bonds is 8. The number of aliphatic hydroxyl groups excluding tert-OH is 1. The Labute approximate surface area is 165 Å². The van der Waals surface area contributed by atoms with E-state index in [4.69, 9.17) is 0 Å². The fourth-order valence-corrected chi connectivity index (χ4v) is 3.26. The monoisotopic (exact) mass is 377 g/mol. The molecule has 1 atom stereocenters. The van der Waals surface area contributed by atoms with Crippen molar-refractivity contribution in [3.63, 3.8) is 0 Å². The summed E-state index contributed by atoms with van der Waals surface area (Å²) >= 11 is 0. The molecule has 0 fully saturated rings. The Morgan fingerprint density at radius 3 is 2.57 bits per heavy atom. The standard InChI is InChI=1S/C23H27N3O2/c1-3-19-15-22(28)25-23(24-19)20-12-8-7-11-18(20)16-26(2)14-13-21(27)17-9-5-4-6-10-17/h4-12,15,21,27H,3,13-14,16H2,1-2H3,(H,24,25,28). The van der Waals surface area contributed by atoms with Gasteiger partial charge < -0.3 is 15.0 Å². The number of nitrogens with one attached hydrogen (secondary N) is 1. The number of hydrogen-bond donors (Lipinski definition) is 2. The fourth-order valence-electron chi connectivity index (χ4n) is 3.26. The maximum Gasteiger partial charge on any atom is 0.251 e. The minimum atomic E-state index is -0.474. The van der Waals surface area contributed by atoms with Gasteiger partial charge in [-0.1, -0.05) is 61.5 Å². The van der Waals surface area contributed by atoms with Gasteiger partial charge in [-0.3, -0.25) is 4.79 Å². The smallest absolute Gasteiger partial charge is 0.251 e. The molecule has 2 aromatic carbocycles. The van der Waals surface area contributed by atoms with Crippen molar-refractivity contribution < 1.29 is 5.11 Å². The Bertz CT molecular complexity index is 953. The minimum Gasteiger partial charge on any atom is -0.388 e. The van der Waals surface area contributed by atoms with E-state index in [2.05, 4.69) is 20.9 Å². The van der Waals surface area contributed by atoms with Gasteiger partial charge in [0.15, 0.2) is 0 Å². The summed E-state index contributed by atoms with van der Waals surface area (Å²) in [6.07, 6.45) is 0.901. The van der Waals surface area contributed by atoms with Crippen LogP contribution in [0.4, 0.5) is 0 Å². The topological polar surface area (TPSA) is 69.2 Å². The Morgan fingerprint density at radius 1 is 1.11 bits per heavy atom. The zero-order valence-corrected chi connectivity index (χ0v) is 16.4. The molecule has 0 saturated heterocycles. The van der Waals surface area contributed by atoms with Crippen molar-refractivity contribution in [3.05, 3.63) is 87.8 Å².